The normalized spacial score (nSPS) is 13.5. The van der Waals surface area contributed by atoms with Crippen LogP contribution in [0, 0.1) is 11.6 Å². The Labute approximate surface area is 124 Å². The summed E-state index contributed by atoms with van der Waals surface area (Å²) >= 11 is 0. The van der Waals surface area contributed by atoms with Gasteiger partial charge in [0.15, 0.2) is 11.6 Å². The number of halogens is 2. The zero-order valence-electron chi connectivity index (χ0n) is 11.9. The van der Waals surface area contributed by atoms with Gasteiger partial charge in [0.25, 0.3) is 0 Å². The third-order valence-corrected chi connectivity index (χ3v) is 3.77. The monoisotopic (exact) mass is 305 g/mol. The van der Waals surface area contributed by atoms with Crippen LogP contribution in [0.4, 0.5) is 8.78 Å². The number of benzene rings is 1. The molecule has 0 amide bonds. The summed E-state index contributed by atoms with van der Waals surface area (Å²) < 4.78 is 34.0. The number of hydrogen-bond acceptors (Lipinski definition) is 3. The molecule has 1 aliphatic rings. The van der Waals surface area contributed by atoms with E-state index in [4.69, 9.17) is 4.74 Å². The number of pyridine rings is 1. The van der Waals surface area contributed by atoms with Crippen molar-refractivity contribution in [2.75, 3.05) is 6.61 Å². The first kappa shape index (κ1) is 14.4. The summed E-state index contributed by atoms with van der Waals surface area (Å²) in [7, 11) is 0. The second kappa shape index (κ2) is 5.05. The van der Waals surface area contributed by atoms with Gasteiger partial charge in [-0.15, -0.1) is 0 Å². The standard InChI is InChI=1S/C16H13F2NO3/c1-3-22-16(21)11-7-19-8(2)4-5-9-13(18)12(17)6-10(14(9)19)15(11)20/h6-7H,2-5H2,1H3. The number of nitrogens with zero attached hydrogens (tertiary/aromatic N) is 1. The predicted molar refractivity (Wildman–Crippen MR) is 77.7 cm³/mol. The minimum atomic E-state index is -1.10. The molecule has 0 atom stereocenters. The van der Waals surface area contributed by atoms with E-state index < -0.39 is 23.0 Å². The Hall–Kier alpha value is -2.50. The van der Waals surface area contributed by atoms with Gasteiger partial charge < -0.3 is 9.30 Å². The number of esters is 1. The van der Waals surface area contributed by atoms with E-state index >= 15 is 0 Å². The van der Waals surface area contributed by atoms with Crippen LogP contribution in [0.1, 0.15) is 29.3 Å². The summed E-state index contributed by atoms with van der Waals surface area (Å²) in [5.41, 5.74) is 0.131. The Morgan fingerprint density at radius 2 is 2.14 bits per heavy atom. The molecule has 0 saturated carbocycles. The maximum absolute atomic E-state index is 14.0. The van der Waals surface area contributed by atoms with Crippen molar-refractivity contribution in [3.63, 3.8) is 0 Å². The molecule has 0 spiro atoms. The molecule has 0 N–H and O–H groups in total. The molecule has 0 radical (unpaired) electrons. The molecule has 0 aliphatic carbocycles. The fourth-order valence-electron chi connectivity index (χ4n) is 2.74. The maximum Gasteiger partial charge on any atom is 0.343 e. The van der Waals surface area contributed by atoms with Crippen LogP contribution in [0.5, 0.6) is 0 Å². The molecule has 2 aromatic rings. The summed E-state index contributed by atoms with van der Waals surface area (Å²) in [6.45, 7) is 5.59. The minimum absolute atomic E-state index is 0.0414. The van der Waals surface area contributed by atoms with Gasteiger partial charge in [0.2, 0.25) is 5.43 Å². The molecule has 2 heterocycles. The van der Waals surface area contributed by atoms with Crippen LogP contribution >= 0.6 is 0 Å². The van der Waals surface area contributed by atoms with E-state index in [2.05, 4.69) is 6.58 Å². The van der Waals surface area contributed by atoms with Gasteiger partial charge in [-0.3, -0.25) is 4.79 Å². The smallest absolute Gasteiger partial charge is 0.343 e. The lowest BCUT2D eigenvalue weighted by Crippen LogP contribution is -2.23. The van der Waals surface area contributed by atoms with Gasteiger partial charge in [0.1, 0.15) is 5.56 Å². The van der Waals surface area contributed by atoms with E-state index in [1.54, 1.807) is 6.92 Å². The average molecular weight is 305 g/mol. The number of aryl methyl sites for hydroxylation is 1. The second-order valence-electron chi connectivity index (χ2n) is 5.08. The lowest BCUT2D eigenvalue weighted by atomic mass is 9.97. The van der Waals surface area contributed by atoms with E-state index in [1.165, 1.54) is 10.8 Å². The molecular formula is C16H13F2NO3. The van der Waals surface area contributed by atoms with Crippen molar-refractivity contribution in [3.05, 3.63) is 51.8 Å². The molecule has 0 bridgehead atoms. The maximum atomic E-state index is 14.0. The van der Waals surface area contributed by atoms with E-state index in [9.17, 15) is 18.4 Å². The van der Waals surface area contributed by atoms with Crippen LogP contribution in [0.3, 0.4) is 0 Å². The highest BCUT2D eigenvalue weighted by atomic mass is 19.2. The van der Waals surface area contributed by atoms with Crippen LogP contribution in [-0.2, 0) is 11.2 Å². The van der Waals surface area contributed by atoms with Gasteiger partial charge >= 0.3 is 5.97 Å². The van der Waals surface area contributed by atoms with Crippen molar-refractivity contribution in [2.45, 2.75) is 19.8 Å². The molecule has 22 heavy (non-hydrogen) atoms. The lowest BCUT2D eigenvalue weighted by molar-refractivity contribution is 0.0524. The third-order valence-electron chi connectivity index (χ3n) is 3.77. The van der Waals surface area contributed by atoms with Gasteiger partial charge in [-0.2, -0.15) is 0 Å². The molecule has 4 nitrogen and oxygen atoms in total. The average Bonchev–Trinajstić information content (AvgIpc) is 2.48. The fraction of sp³-hybridized carbons (Fsp3) is 0.250. The SMILES string of the molecule is C=C1CCc2c(F)c(F)cc3c(=O)c(C(=O)OCC)cn1c23. The molecule has 114 valence electrons. The zero-order chi connectivity index (χ0) is 16.0. The summed E-state index contributed by atoms with van der Waals surface area (Å²) in [5, 5.41) is -0.0414. The van der Waals surface area contributed by atoms with E-state index in [0.29, 0.717) is 12.1 Å². The number of ether oxygens (including phenoxy) is 1. The summed E-state index contributed by atoms with van der Waals surface area (Å²) in [6, 6.07) is 0.828. The first-order valence-corrected chi connectivity index (χ1v) is 6.87. The van der Waals surface area contributed by atoms with E-state index in [0.717, 1.165) is 6.07 Å². The van der Waals surface area contributed by atoms with Crippen LogP contribution in [0.15, 0.2) is 23.6 Å². The number of carbonyl (C=O) groups is 1. The van der Waals surface area contributed by atoms with E-state index in [-0.39, 0.29) is 35.1 Å². The highest BCUT2D eigenvalue weighted by Gasteiger charge is 2.25. The zero-order valence-corrected chi connectivity index (χ0v) is 11.9. The molecular weight excluding hydrogens is 292 g/mol. The van der Waals surface area contributed by atoms with Crippen molar-refractivity contribution in [1.29, 1.82) is 0 Å². The first-order valence-electron chi connectivity index (χ1n) is 6.87. The molecule has 0 saturated heterocycles. The van der Waals surface area contributed by atoms with E-state index in [1.807, 2.05) is 0 Å². The summed E-state index contributed by atoms with van der Waals surface area (Å²) in [6.07, 6.45) is 1.97. The number of hydrogen-bond donors (Lipinski definition) is 0. The van der Waals surface area contributed by atoms with Gasteiger partial charge in [-0.1, -0.05) is 6.58 Å². The van der Waals surface area contributed by atoms with Crippen molar-refractivity contribution in [2.24, 2.45) is 0 Å². The predicted octanol–water partition coefficient (Wildman–Crippen LogP) is 2.87. The van der Waals surface area contributed by atoms with Crippen molar-refractivity contribution in [1.82, 2.24) is 4.57 Å². The largest absolute Gasteiger partial charge is 0.462 e. The van der Waals surface area contributed by atoms with Crippen LogP contribution in [0.25, 0.3) is 16.6 Å². The van der Waals surface area contributed by atoms with Crippen LogP contribution in [0.2, 0.25) is 0 Å². The Balaban J connectivity index is 2.45. The summed E-state index contributed by atoms with van der Waals surface area (Å²) in [4.78, 5) is 24.3. The Bertz CT molecular complexity index is 883. The molecule has 3 rings (SSSR count). The fourth-order valence-corrected chi connectivity index (χ4v) is 2.74. The van der Waals surface area contributed by atoms with Crippen molar-refractivity contribution in [3.8, 4) is 0 Å². The highest BCUT2D eigenvalue weighted by Crippen LogP contribution is 2.31. The van der Waals surface area contributed by atoms with Gasteiger partial charge in [-0.05, 0) is 25.8 Å². The van der Waals surface area contributed by atoms with Gasteiger partial charge in [-0.25, -0.2) is 13.6 Å². The van der Waals surface area contributed by atoms with Crippen molar-refractivity contribution >= 4 is 22.6 Å². The molecule has 6 heteroatoms. The highest BCUT2D eigenvalue weighted by molar-refractivity contribution is 5.96. The number of carbonyl (C=O) groups excluding carboxylic acids is 1. The Morgan fingerprint density at radius 1 is 1.41 bits per heavy atom. The lowest BCUT2D eigenvalue weighted by Gasteiger charge is -2.23. The Morgan fingerprint density at radius 3 is 2.82 bits per heavy atom. The molecule has 0 unspecified atom stereocenters. The quantitative estimate of drug-likeness (QED) is 0.802. The van der Waals surface area contributed by atoms with Crippen molar-refractivity contribution < 1.29 is 18.3 Å². The Kier molecular flexibility index (Phi) is 3.31. The summed E-state index contributed by atoms with van der Waals surface area (Å²) in [5.74, 6) is -2.85. The number of aromatic nitrogens is 1. The molecule has 1 aliphatic heterocycles. The molecule has 1 aromatic heterocycles. The van der Waals surface area contributed by atoms with Crippen LogP contribution < -0.4 is 5.43 Å². The third kappa shape index (κ3) is 1.94. The molecule has 0 fully saturated rings. The minimum Gasteiger partial charge on any atom is -0.462 e. The second-order valence-corrected chi connectivity index (χ2v) is 5.08. The number of allylic oxidation sites excluding steroid dienone is 1. The van der Waals surface area contributed by atoms with Gasteiger partial charge in [0.05, 0.1) is 17.5 Å². The first-order chi connectivity index (χ1) is 10.5. The topological polar surface area (TPSA) is 48.3 Å². The van der Waals surface area contributed by atoms with Crippen LogP contribution in [-0.4, -0.2) is 17.1 Å². The van der Waals surface area contributed by atoms with Gasteiger partial charge in [0, 0.05) is 17.5 Å². The molecule has 1 aromatic carbocycles. The number of rotatable bonds is 2.